The molecule has 1 unspecified atom stereocenters. The molecule has 1 fully saturated rings. The molecule has 5 N–H and O–H groups in total. The molecule has 1 aromatic rings. The summed E-state index contributed by atoms with van der Waals surface area (Å²) in [7, 11) is 0. The van der Waals surface area contributed by atoms with Crippen LogP contribution in [-0.4, -0.2) is 54.0 Å². The lowest BCUT2D eigenvalue weighted by molar-refractivity contribution is -0.0946. The third-order valence-corrected chi connectivity index (χ3v) is 3.18. The number of aliphatic hydroxyl groups excluding tert-OH is 2. The van der Waals surface area contributed by atoms with Crippen molar-refractivity contribution in [2.24, 2.45) is 0 Å². The maximum Gasteiger partial charge on any atom is 0.368 e. The lowest BCUT2D eigenvalue weighted by Crippen LogP contribution is -2.49. The minimum absolute atomic E-state index is 0.0908. The number of hydrogen-bond acceptors (Lipinski definition) is 8. The van der Waals surface area contributed by atoms with Crippen molar-refractivity contribution in [1.29, 1.82) is 0 Å². The molecular weight excluding hydrogens is 280 g/mol. The zero-order valence-corrected chi connectivity index (χ0v) is 11.5. The van der Waals surface area contributed by atoms with Gasteiger partial charge in [-0.15, -0.1) is 5.92 Å². The van der Waals surface area contributed by atoms with E-state index in [0.29, 0.717) is 0 Å². The molecule has 0 aromatic carbocycles. The van der Waals surface area contributed by atoms with Crippen LogP contribution < -0.4 is 11.4 Å². The van der Waals surface area contributed by atoms with Gasteiger partial charge >= 0.3 is 5.69 Å². The van der Waals surface area contributed by atoms with Crippen molar-refractivity contribution in [2.45, 2.75) is 44.0 Å². The minimum atomic E-state index is -2.11. The number of hydrogen-bond donors (Lipinski definition) is 4. The Bertz CT molecular complexity index is 649. The van der Waals surface area contributed by atoms with Gasteiger partial charge in [0, 0.05) is 0 Å². The molecule has 5 atom stereocenters. The van der Waals surface area contributed by atoms with E-state index in [2.05, 4.69) is 21.9 Å². The highest BCUT2D eigenvalue weighted by Gasteiger charge is 2.57. The van der Waals surface area contributed by atoms with Crippen LogP contribution in [0.3, 0.4) is 0 Å². The minimum Gasteiger partial charge on any atom is -0.391 e. The van der Waals surface area contributed by atoms with Crippen LogP contribution in [0.4, 0.5) is 5.82 Å². The van der Waals surface area contributed by atoms with E-state index < -0.39 is 35.8 Å². The van der Waals surface area contributed by atoms with Crippen LogP contribution >= 0.6 is 0 Å². The summed E-state index contributed by atoms with van der Waals surface area (Å²) in [5.41, 5.74) is 2.38. The highest BCUT2D eigenvalue weighted by atomic mass is 16.6. The van der Waals surface area contributed by atoms with E-state index in [-0.39, 0.29) is 5.82 Å². The summed E-state index contributed by atoms with van der Waals surface area (Å²) in [5, 5.41) is 34.1. The molecule has 1 aromatic heterocycles. The largest absolute Gasteiger partial charge is 0.391 e. The van der Waals surface area contributed by atoms with Crippen LogP contribution in [0.25, 0.3) is 0 Å². The molecule has 0 bridgehead atoms. The molecule has 114 valence electrons. The van der Waals surface area contributed by atoms with Crippen molar-refractivity contribution < 1.29 is 20.1 Å². The van der Waals surface area contributed by atoms with Gasteiger partial charge in [-0.25, -0.2) is 4.79 Å². The molecule has 9 heteroatoms. The number of nitrogens with two attached hydrogens (primary N) is 1. The summed E-state index contributed by atoms with van der Waals surface area (Å²) in [5.74, 6) is 4.78. The van der Waals surface area contributed by atoms with Crippen LogP contribution in [0.2, 0.25) is 0 Å². The van der Waals surface area contributed by atoms with E-state index in [1.54, 1.807) is 0 Å². The first-order chi connectivity index (χ1) is 9.81. The fraction of sp³-hybridized carbons (Fsp3) is 0.583. The molecule has 9 nitrogen and oxygen atoms in total. The third kappa shape index (κ3) is 2.50. The van der Waals surface area contributed by atoms with Crippen LogP contribution in [0.1, 0.15) is 20.1 Å². The van der Waals surface area contributed by atoms with Gasteiger partial charge in [0.05, 0.1) is 12.3 Å². The standard InChI is InChI=1S/C12H16N4O5/c1-3-4-12(20)9(18)8(6(2)17)21-10(12)16-11(19)15-7(13)5-14-16/h5-6,8-10,17-18,20H,1-2H3,(H2,13,15,19)/t6-,8+,9?,10+,12+/m0/s1. The number of anilines is 1. The van der Waals surface area contributed by atoms with Gasteiger partial charge in [0.25, 0.3) is 0 Å². The first-order valence-electron chi connectivity index (χ1n) is 6.20. The SMILES string of the molecule is CC#C[C@@]1(O)C(O)[C@@H]([C@H](C)O)O[C@H]1n1ncc(N)nc1=O. The van der Waals surface area contributed by atoms with Gasteiger partial charge in [0.2, 0.25) is 5.60 Å². The maximum atomic E-state index is 11.8. The Kier molecular flexibility index (Phi) is 3.97. The molecule has 0 saturated carbocycles. The Morgan fingerprint density at radius 3 is 2.81 bits per heavy atom. The highest BCUT2D eigenvalue weighted by Crippen LogP contribution is 2.38. The number of rotatable bonds is 2. The molecular formula is C12H16N4O5. The van der Waals surface area contributed by atoms with Crippen molar-refractivity contribution >= 4 is 5.82 Å². The van der Waals surface area contributed by atoms with Gasteiger partial charge in [0.15, 0.2) is 6.23 Å². The van der Waals surface area contributed by atoms with Crippen molar-refractivity contribution in [3.8, 4) is 11.8 Å². The van der Waals surface area contributed by atoms with Crippen LogP contribution in [0, 0.1) is 11.8 Å². The predicted molar refractivity (Wildman–Crippen MR) is 70.7 cm³/mol. The second kappa shape index (κ2) is 5.42. The fourth-order valence-corrected chi connectivity index (χ4v) is 2.20. The first-order valence-corrected chi connectivity index (χ1v) is 6.20. The normalized spacial score (nSPS) is 33.3. The summed E-state index contributed by atoms with van der Waals surface area (Å²) in [6.07, 6.45) is -4.06. The van der Waals surface area contributed by atoms with E-state index in [1.807, 2.05) is 0 Å². The Balaban J connectivity index is 2.54. The topological polar surface area (TPSA) is 144 Å². The van der Waals surface area contributed by atoms with Crippen LogP contribution in [-0.2, 0) is 4.74 Å². The summed E-state index contributed by atoms with van der Waals surface area (Å²) in [6.45, 7) is 2.84. The second-order valence-electron chi connectivity index (χ2n) is 4.75. The molecule has 0 aliphatic carbocycles. The Hall–Kier alpha value is -1.99. The Labute approximate surface area is 120 Å². The van der Waals surface area contributed by atoms with Gasteiger partial charge in [-0.3, -0.25) is 0 Å². The Morgan fingerprint density at radius 2 is 2.29 bits per heavy atom. The number of nitrogens with zero attached hydrogens (tertiary/aromatic N) is 3. The summed E-state index contributed by atoms with van der Waals surface area (Å²) >= 11 is 0. The number of aromatic nitrogens is 3. The lowest BCUT2D eigenvalue weighted by Gasteiger charge is -2.25. The van der Waals surface area contributed by atoms with E-state index in [9.17, 15) is 20.1 Å². The average Bonchev–Trinajstić information content (AvgIpc) is 2.64. The van der Waals surface area contributed by atoms with Crippen molar-refractivity contribution in [3.05, 3.63) is 16.7 Å². The lowest BCUT2D eigenvalue weighted by atomic mass is 9.93. The monoisotopic (exact) mass is 296 g/mol. The molecule has 1 aliphatic rings. The third-order valence-electron chi connectivity index (χ3n) is 3.18. The van der Waals surface area contributed by atoms with E-state index in [0.717, 1.165) is 10.9 Å². The predicted octanol–water partition coefficient (Wildman–Crippen LogP) is -2.39. The average molecular weight is 296 g/mol. The zero-order valence-electron chi connectivity index (χ0n) is 11.5. The van der Waals surface area contributed by atoms with Crippen molar-refractivity contribution in [3.63, 3.8) is 0 Å². The van der Waals surface area contributed by atoms with Crippen LogP contribution in [0.15, 0.2) is 11.0 Å². The first kappa shape index (κ1) is 15.4. The number of aliphatic hydroxyl groups is 3. The van der Waals surface area contributed by atoms with Gasteiger partial charge in [-0.2, -0.15) is 14.8 Å². The quantitative estimate of drug-likeness (QED) is 0.443. The van der Waals surface area contributed by atoms with Crippen molar-refractivity contribution in [2.75, 3.05) is 5.73 Å². The number of nitrogen functional groups attached to an aromatic ring is 1. The molecule has 0 radical (unpaired) electrons. The molecule has 1 aliphatic heterocycles. The van der Waals surface area contributed by atoms with E-state index >= 15 is 0 Å². The van der Waals surface area contributed by atoms with Gasteiger partial charge < -0.3 is 25.8 Å². The highest BCUT2D eigenvalue weighted by molar-refractivity contribution is 5.23. The molecule has 21 heavy (non-hydrogen) atoms. The molecule has 1 saturated heterocycles. The maximum absolute atomic E-state index is 11.8. The molecule has 2 heterocycles. The van der Waals surface area contributed by atoms with Crippen LogP contribution in [0.5, 0.6) is 0 Å². The summed E-state index contributed by atoms with van der Waals surface area (Å²) in [4.78, 5) is 15.3. The second-order valence-corrected chi connectivity index (χ2v) is 4.75. The summed E-state index contributed by atoms with van der Waals surface area (Å²) < 4.78 is 6.11. The molecule has 2 rings (SSSR count). The van der Waals surface area contributed by atoms with Gasteiger partial charge in [-0.1, -0.05) is 5.92 Å². The van der Waals surface area contributed by atoms with E-state index in [1.165, 1.54) is 13.8 Å². The molecule has 0 spiro atoms. The van der Waals surface area contributed by atoms with Crippen molar-refractivity contribution in [1.82, 2.24) is 14.8 Å². The van der Waals surface area contributed by atoms with Gasteiger partial charge in [-0.05, 0) is 13.8 Å². The number of ether oxygens (including phenoxy) is 1. The van der Waals surface area contributed by atoms with E-state index in [4.69, 9.17) is 10.5 Å². The fourth-order valence-electron chi connectivity index (χ4n) is 2.20. The smallest absolute Gasteiger partial charge is 0.368 e. The molecule has 0 amide bonds. The summed E-state index contributed by atoms with van der Waals surface area (Å²) in [6, 6.07) is 0. The zero-order chi connectivity index (χ0) is 15.8. The Morgan fingerprint density at radius 1 is 1.62 bits per heavy atom. The van der Waals surface area contributed by atoms with Gasteiger partial charge in [0.1, 0.15) is 18.0 Å².